The number of hydrogen-bond acceptors (Lipinski definition) is 2. The molecular formula is C32H46O2Si. The standard InChI is InChI=1S/C32H46O2Si/c1-6-14-26(33)20-21-32(5)24-30(32)29-23-25(29)15-13-22-34-35(31(2,3)4,27-16-9-7-10-17-27)28-18-11-8-12-19-28/h6-12,16-19,25-26,29-30,33H,1,13-15,20-24H2,2-5H3/t25-,26-,29-,30+,32-/m0/s1. The van der Waals surface area contributed by atoms with Gasteiger partial charge >= 0.3 is 0 Å². The molecule has 3 heteroatoms. The normalized spacial score (nSPS) is 26.8. The van der Waals surface area contributed by atoms with Gasteiger partial charge in [0.15, 0.2) is 0 Å². The van der Waals surface area contributed by atoms with Gasteiger partial charge in [-0.25, -0.2) is 0 Å². The Kier molecular flexibility index (Phi) is 8.10. The number of aliphatic hydroxyl groups is 1. The molecule has 190 valence electrons. The van der Waals surface area contributed by atoms with Crippen LogP contribution >= 0.6 is 0 Å². The molecule has 0 aliphatic heterocycles. The van der Waals surface area contributed by atoms with Crippen molar-refractivity contribution in [2.24, 2.45) is 23.2 Å². The Bertz CT molecular complexity index is 911. The maximum atomic E-state index is 10.1. The number of hydrogen-bond donors (Lipinski definition) is 1. The van der Waals surface area contributed by atoms with E-state index in [0.717, 1.165) is 50.0 Å². The summed E-state index contributed by atoms with van der Waals surface area (Å²) in [7, 11) is -2.41. The Morgan fingerprint density at radius 2 is 1.69 bits per heavy atom. The van der Waals surface area contributed by atoms with E-state index in [1.165, 1.54) is 29.6 Å². The molecule has 35 heavy (non-hydrogen) atoms. The summed E-state index contributed by atoms with van der Waals surface area (Å²) in [5.74, 6) is 2.66. The summed E-state index contributed by atoms with van der Waals surface area (Å²) in [6, 6.07) is 22.0. The van der Waals surface area contributed by atoms with Crippen LogP contribution in [0, 0.1) is 23.2 Å². The molecule has 2 fully saturated rings. The van der Waals surface area contributed by atoms with Gasteiger partial charge < -0.3 is 9.53 Å². The molecule has 2 aromatic carbocycles. The Balaban J connectivity index is 1.33. The second kappa shape index (κ2) is 10.7. The van der Waals surface area contributed by atoms with Gasteiger partial charge in [0, 0.05) is 6.61 Å². The molecule has 0 unspecified atom stereocenters. The van der Waals surface area contributed by atoms with Crippen LogP contribution in [0.25, 0.3) is 0 Å². The van der Waals surface area contributed by atoms with E-state index in [0.29, 0.717) is 5.41 Å². The molecule has 2 aromatic rings. The zero-order valence-corrected chi connectivity index (χ0v) is 23.4. The molecule has 0 saturated heterocycles. The largest absolute Gasteiger partial charge is 0.407 e. The van der Waals surface area contributed by atoms with Crippen molar-refractivity contribution in [1.82, 2.24) is 0 Å². The fraction of sp³-hybridized carbons (Fsp3) is 0.562. The fourth-order valence-electron chi connectivity index (χ4n) is 6.63. The Labute approximate surface area is 214 Å². The molecule has 2 nitrogen and oxygen atoms in total. The van der Waals surface area contributed by atoms with Gasteiger partial charge in [0.05, 0.1) is 6.10 Å². The van der Waals surface area contributed by atoms with Gasteiger partial charge in [-0.3, -0.25) is 0 Å². The van der Waals surface area contributed by atoms with E-state index < -0.39 is 8.32 Å². The number of aliphatic hydroxyl groups excluding tert-OH is 1. The summed E-state index contributed by atoms with van der Waals surface area (Å²) in [5, 5.41) is 12.9. The molecule has 0 bridgehead atoms. The predicted molar refractivity (Wildman–Crippen MR) is 151 cm³/mol. The first-order valence-electron chi connectivity index (χ1n) is 13.8. The van der Waals surface area contributed by atoms with Crippen LogP contribution in [0.1, 0.15) is 72.6 Å². The third kappa shape index (κ3) is 5.84. The van der Waals surface area contributed by atoms with E-state index in [9.17, 15) is 5.11 Å². The monoisotopic (exact) mass is 490 g/mol. The molecule has 1 N–H and O–H groups in total. The van der Waals surface area contributed by atoms with Crippen molar-refractivity contribution in [2.75, 3.05) is 6.61 Å². The first kappa shape index (κ1) is 26.4. The van der Waals surface area contributed by atoms with Crippen molar-refractivity contribution in [3.05, 3.63) is 73.3 Å². The van der Waals surface area contributed by atoms with E-state index in [2.05, 4.69) is 94.9 Å². The van der Waals surface area contributed by atoms with Crippen LogP contribution in [0.2, 0.25) is 5.04 Å². The third-order valence-electron chi connectivity index (χ3n) is 8.86. The van der Waals surface area contributed by atoms with Crippen LogP contribution in [-0.4, -0.2) is 26.1 Å². The highest BCUT2D eigenvalue weighted by atomic mass is 28.4. The van der Waals surface area contributed by atoms with Gasteiger partial charge in [0.1, 0.15) is 0 Å². The molecule has 4 rings (SSSR count). The van der Waals surface area contributed by atoms with Gasteiger partial charge in [-0.1, -0.05) is 94.4 Å². The van der Waals surface area contributed by atoms with Crippen LogP contribution in [-0.2, 0) is 4.43 Å². The summed E-state index contributed by atoms with van der Waals surface area (Å²) in [5.41, 5.74) is 0.465. The highest BCUT2D eigenvalue weighted by Gasteiger charge is 2.59. The topological polar surface area (TPSA) is 29.5 Å². The summed E-state index contributed by atoms with van der Waals surface area (Å²) in [6.45, 7) is 14.1. The molecule has 0 amide bonds. The lowest BCUT2D eigenvalue weighted by Crippen LogP contribution is -2.66. The molecule has 2 aliphatic rings. The number of rotatable bonds is 13. The molecular weight excluding hydrogens is 444 g/mol. The minimum Gasteiger partial charge on any atom is -0.407 e. The highest BCUT2D eigenvalue weighted by Crippen LogP contribution is 2.67. The molecule has 2 saturated carbocycles. The van der Waals surface area contributed by atoms with Crippen molar-refractivity contribution < 1.29 is 9.53 Å². The summed E-state index contributed by atoms with van der Waals surface area (Å²) in [6.07, 6.45) is 9.61. The molecule has 0 spiro atoms. The lowest BCUT2D eigenvalue weighted by atomic mass is 9.94. The minimum absolute atomic E-state index is 0.0454. The van der Waals surface area contributed by atoms with E-state index >= 15 is 0 Å². The molecule has 5 atom stereocenters. The highest BCUT2D eigenvalue weighted by molar-refractivity contribution is 6.99. The van der Waals surface area contributed by atoms with Gasteiger partial charge in [-0.2, -0.15) is 0 Å². The molecule has 0 heterocycles. The third-order valence-corrected chi connectivity index (χ3v) is 13.9. The zero-order chi connectivity index (χ0) is 25.1. The average Bonchev–Trinajstić information content (AvgIpc) is 3.74. The first-order valence-corrected chi connectivity index (χ1v) is 15.7. The van der Waals surface area contributed by atoms with Crippen molar-refractivity contribution in [3.8, 4) is 0 Å². The smallest absolute Gasteiger partial charge is 0.261 e. The SMILES string of the molecule is C=CC[C@H](O)CC[C@@]1(C)C[C@@H]1[C@H]1C[C@@H]1CCCO[Si](c1ccccc1)(c1ccccc1)C(C)(C)C. The van der Waals surface area contributed by atoms with Gasteiger partial charge in [-0.15, -0.1) is 6.58 Å². The maximum absolute atomic E-state index is 10.1. The van der Waals surface area contributed by atoms with Gasteiger partial charge in [0.2, 0.25) is 0 Å². The Hall–Kier alpha value is -1.68. The van der Waals surface area contributed by atoms with Gasteiger partial charge in [-0.05, 0) is 83.5 Å². The van der Waals surface area contributed by atoms with E-state index in [-0.39, 0.29) is 11.1 Å². The van der Waals surface area contributed by atoms with Gasteiger partial charge in [0.25, 0.3) is 8.32 Å². The summed E-state index contributed by atoms with van der Waals surface area (Å²) < 4.78 is 7.09. The van der Waals surface area contributed by atoms with Crippen LogP contribution < -0.4 is 10.4 Å². The van der Waals surface area contributed by atoms with Crippen LogP contribution in [0.3, 0.4) is 0 Å². The predicted octanol–water partition coefficient (Wildman–Crippen LogP) is 6.72. The van der Waals surface area contributed by atoms with Crippen molar-refractivity contribution in [3.63, 3.8) is 0 Å². The second-order valence-corrected chi connectivity index (χ2v) is 16.8. The average molecular weight is 491 g/mol. The van der Waals surface area contributed by atoms with Crippen LogP contribution in [0.5, 0.6) is 0 Å². The van der Waals surface area contributed by atoms with Crippen molar-refractivity contribution >= 4 is 18.7 Å². The first-order chi connectivity index (χ1) is 16.7. The van der Waals surface area contributed by atoms with Crippen LogP contribution in [0.4, 0.5) is 0 Å². The van der Waals surface area contributed by atoms with Crippen molar-refractivity contribution in [2.45, 2.75) is 83.8 Å². The molecule has 0 radical (unpaired) electrons. The lowest BCUT2D eigenvalue weighted by molar-refractivity contribution is 0.154. The Morgan fingerprint density at radius 1 is 1.09 bits per heavy atom. The quantitative estimate of drug-likeness (QED) is 0.192. The molecule has 0 aromatic heterocycles. The fourth-order valence-corrected chi connectivity index (χ4v) is 11.2. The lowest BCUT2D eigenvalue weighted by Gasteiger charge is -2.43. The van der Waals surface area contributed by atoms with Crippen molar-refractivity contribution in [1.29, 1.82) is 0 Å². The van der Waals surface area contributed by atoms with E-state index in [1.807, 2.05) is 6.08 Å². The second-order valence-electron chi connectivity index (χ2n) is 12.5. The molecule has 2 aliphatic carbocycles. The summed E-state index contributed by atoms with van der Waals surface area (Å²) >= 11 is 0. The van der Waals surface area contributed by atoms with E-state index in [1.54, 1.807) is 0 Å². The van der Waals surface area contributed by atoms with E-state index in [4.69, 9.17) is 4.43 Å². The number of benzene rings is 2. The Morgan fingerprint density at radius 3 is 2.23 bits per heavy atom. The zero-order valence-electron chi connectivity index (χ0n) is 22.4. The van der Waals surface area contributed by atoms with Crippen LogP contribution in [0.15, 0.2) is 73.3 Å². The summed E-state index contributed by atoms with van der Waals surface area (Å²) in [4.78, 5) is 0. The minimum atomic E-state index is -2.41. The maximum Gasteiger partial charge on any atom is 0.261 e.